The van der Waals surface area contributed by atoms with Gasteiger partial charge in [0.2, 0.25) is 0 Å². The third kappa shape index (κ3) is 6.03. The number of rotatable bonds is 9. The highest BCUT2D eigenvalue weighted by Gasteiger charge is 2.50. The summed E-state index contributed by atoms with van der Waals surface area (Å²) in [7, 11) is 0. The summed E-state index contributed by atoms with van der Waals surface area (Å²) in [5.74, 6) is 2.17. The van der Waals surface area contributed by atoms with E-state index in [4.69, 9.17) is 0 Å². The number of hydrogen-bond donors (Lipinski definition) is 3. The Kier molecular flexibility index (Phi) is 9.08. The second-order valence-electron chi connectivity index (χ2n) is 11.8. The molecule has 6 atom stereocenters. The lowest BCUT2D eigenvalue weighted by molar-refractivity contribution is 0.0202. The number of hydrogen-bond acceptors (Lipinski definition) is 3. The molecule has 0 aromatic carbocycles. The molecule has 0 aromatic heterocycles. The largest absolute Gasteiger partial charge is 0.393 e. The number of allylic oxidation sites excluding steroid dienone is 3. The lowest BCUT2D eigenvalue weighted by atomic mass is 9.60. The second kappa shape index (κ2) is 11.2. The lowest BCUT2D eigenvalue weighted by Gasteiger charge is -2.44. The molecule has 3 aliphatic rings. The van der Waals surface area contributed by atoms with Crippen LogP contribution in [0.2, 0.25) is 0 Å². The van der Waals surface area contributed by atoms with Gasteiger partial charge in [0.15, 0.2) is 0 Å². The van der Waals surface area contributed by atoms with Crippen molar-refractivity contribution in [3.8, 4) is 0 Å². The molecule has 3 nitrogen and oxygen atoms in total. The van der Waals surface area contributed by atoms with E-state index in [1.807, 2.05) is 0 Å². The summed E-state index contributed by atoms with van der Waals surface area (Å²) < 4.78 is 0. The van der Waals surface area contributed by atoms with Gasteiger partial charge in [-0.2, -0.15) is 0 Å². The molecular formula is C30H50O3. The Hall–Kier alpha value is -0.900. The van der Waals surface area contributed by atoms with Crippen LogP contribution < -0.4 is 0 Å². The molecule has 0 radical (unpaired) electrons. The predicted octanol–water partition coefficient (Wildman–Crippen LogP) is 6.88. The molecule has 0 saturated heterocycles. The van der Waals surface area contributed by atoms with Gasteiger partial charge in [-0.15, -0.1) is 0 Å². The van der Waals surface area contributed by atoms with Crippen LogP contribution in [0.1, 0.15) is 111 Å². The minimum Gasteiger partial charge on any atom is -0.393 e. The zero-order valence-corrected chi connectivity index (χ0v) is 21.8. The standard InChI is InChI=1S/C30H50O3/c1-6-30(33,7-2)18-9-8-11-21(3)26-15-16-27-23(12-10-17-29(26,27)5)13-14-24-19-25(31)20-28(32)22(24)4/h13-14,21,25-28,31-33H,4,6-12,15-20H2,1-3,5H3/b23-13+,24-14+/t21-,25-,26-,27+,28+,29-/m1/s1. The zero-order chi connectivity index (χ0) is 24.2. The molecule has 0 aromatic rings. The molecule has 3 N–H and O–H groups in total. The van der Waals surface area contributed by atoms with Gasteiger partial charge in [-0.25, -0.2) is 0 Å². The lowest BCUT2D eigenvalue weighted by Crippen LogP contribution is -2.36. The average Bonchev–Trinajstić information content (AvgIpc) is 3.15. The van der Waals surface area contributed by atoms with Gasteiger partial charge >= 0.3 is 0 Å². The number of fused-ring (bicyclic) bond motifs is 1. The van der Waals surface area contributed by atoms with E-state index in [9.17, 15) is 15.3 Å². The molecule has 0 heterocycles. The van der Waals surface area contributed by atoms with E-state index < -0.39 is 17.8 Å². The SMILES string of the molecule is C=C1/C(=C/C=C2\CCC[C@]3(C)[C@@H]([C@H](C)CCCCC(O)(CC)CC)CC[C@@H]23)C[C@@H](O)C[C@@H]1O. The van der Waals surface area contributed by atoms with E-state index in [1.54, 1.807) is 5.57 Å². The first-order valence-electron chi connectivity index (χ1n) is 13.8. The summed E-state index contributed by atoms with van der Waals surface area (Å²) in [6.45, 7) is 13.3. The topological polar surface area (TPSA) is 60.7 Å². The van der Waals surface area contributed by atoms with Crippen LogP contribution in [0.15, 0.2) is 35.5 Å². The summed E-state index contributed by atoms with van der Waals surface area (Å²) >= 11 is 0. The van der Waals surface area contributed by atoms with Gasteiger partial charge in [0, 0.05) is 6.42 Å². The monoisotopic (exact) mass is 458 g/mol. The molecule has 0 aliphatic heterocycles. The van der Waals surface area contributed by atoms with Crippen LogP contribution in [0.25, 0.3) is 0 Å². The molecule has 33 heavy (non-hydrogen) atoms. The Bertz CT molecular complexity index is 731. The van der Waals surface area contributed by atoms with E-state index in [0.717, 1.165) is 48.7 Å². The fourth-order valence-corrected chi connectivity index (χ4v) is 7.40. The molecule has 0 spiro atoms. The molecule has 3 saturated carbocycles. The predicted molar refractivity (Wildman–Crippen MR) is 138 cm³/mol. The van der Waals surface area contributed by atoms with Gasteiger partial charge in [-0.05, 0) is 92.1 Å². The number of aliphatic hydroxyl groups is 3. The Morgan fingerprint density at radius 2 is 1.88 bits per heavy atom. The zero-order valence-electron chi connectivity index (χ0n) is 21.8. The minimum absolute atomic E-state index is 0.387. The summed E-state index contributed by atoms with van der Waals surface area (Å²) in [4.78, 5) is 0. The van der Waals surface area contributed by atoms with Crippen molar-refractivity contribution < 1.29 is 15.3 Å². The molecule has 188 valence electrons. The molecule has 3 aliphatic carbocycles. The van der Waals surface area contributed by atoms with E-state index in [0.29, 0.717) is 24.2 Å². The second-order valence-corrected chi connectivity index (χ2v) is 11.8. The van der Waals surface area contributed by atoms with Gasteiger partial charge in [0.1, 0.15) is 0 Å². The highest BCUT2D eigenvalue weighted by molar-refractivity contribution is 5.38. The molecule has 0 bridgehead atoms. The van der Waals surface area contributed by atoms with Crippen molar-refractivity contribution in [2.75, 3.05) is 0 Å². The summed E-state index contributed by atoms with van der Waals surface area (Å²) in [6.07, 6.45) is 17.1. The van der Waals surface area contributed by atoms with Gasteiger partial charge in [-0.3, -0.25) is 0 Å². The van der Waals surface area contributed by atoms with Crippen LogP contribution in [0.5, 0.6) is 0 Å². The highest BCUT2D eigenvalue weighted by Crippen LogP contribution is 2.60. The van der Waals surface area contributed by atoms with Crippen molar-refractivity contribution in [1.29, 1.82) is 0 Å². The maximum absolute atomic E-state index is 10.6. The van der Waals surface area contributed by atoms with Crippen molar-refractivity contribution >= 4 is 0 Å². The Morgan fingerprint density at radius 1 is 1.15 bits per heavy atom. The minimum atomic E-state index is -0.614. The first kappa shape index (κ1) is 26.7. The first-order valence-corrected chi connectivity index (χ1v) is 13.8. The molecule has 0 amide bonds. The van der Waals surface area contributed by atoms with Crippen molar-refractivity contribution in [3.63, 3.8) is 0 Å². The van der Waals surface area contributed by atoms with E-state index >= 15 is 0 Å². The Balaban J connectivity index is 1.62. The van der Waals surface area contributed by atoms with Gasteiger partial charge in [0.05, 0.1) is 17.8 Å². The molecule has 3 rings (SSSR count). The maximum Gasteiger partial charge on any atom is 0.0811 e. The van der Waals surface area contributed by atoms with Crippen molar-refractivity contribution in [2.24, 2.45) is 23.2 Å². The third-order valence-corrected chi connectivity index (χ3v) is 9.86. The van der Waals surface area contributed by atoms with Crippen LogP contribution in [0.3, 0.4) is 0 Å². The van der Waals surface area contributed by atoms with E-state index in [2.05, 4.69) is 46.4 Å². The Labute approximate surface area is 203 Å². The van der Waals surface area contributed by atoms with Crippen LogP contribution in [0, 0.1) is 23.2 Å². The van der Waals surface area contributed by atoms with Gasteiger partial charge in [0.25, 0.3) is 0 Å². The number of unbranched alkanes of at least 4 members (excludes halogenated alkanes) is 1. The maximum atomic E-state index is 10.6. The van der Waals surface area contributed by atoms with Crippen LogP contribution in [-0.4, -0.2) is 33.1 Å². The van der Waals surface area contributed by atoms with Crippen molar-refractivity contribution in [1.82, 2.24) is 0 Å². The van der Waals surface area contributed by atoms with Crippen LogP contribution in [-0.2, 0) is 0 Å². The van der Waals surface area contributed by atoms with Crippen LogP contribution in [0.4, 0.5) is 0 Å². The van der Waals surface area contributed by atoms with Gasteiger partial charge in [-0.1, -0.05) is 71.3 Å². The third-order valence-electron chi connectivity index (χ3n) is 9.86. The fraction of sp³-hybridized carbons (Fsp3) is 0.800. The highest BCUT2D eigenvalue weighted by atomic mass is 16.3. The van der Waals surface area contributed by atoms with E-state index in [1.165, 1.54) is 44.9 Å². The first-order chi connectivity index (χ1) is 15.6. The quantitative estimate of drug-likeness (QED) is 0.330. The summed E-state index contributed by atoms with van der Waals surface area (Å²) in [5, 5.41) is 30.8. The van der Waals surface area contributed by atoms with Crippen LogP contribution >= 0.6 is 0 Å². The Morgan fingerprint density at radius 3 is 2.58 bits per heavy atom. The molecule has 3 heteroatoms. The van der Waals surface area contributed by atoms with Gasteiger partial charge < -0.3 is 15.3 Å². The molecule has 0 unspecified atom stereocenters. The smallest absolute Gasteiger partial charge is 0.0811 e. The fourth-order valence-electron chi connectivity index (χ4n) is 7.40. The number of aliphatic hydroxyl groups excluding tert-OH is 2. The van der Waals surface area contributed by atoms with Crippen molar-refractivity contribution in [2.45, 2.75) is 129 Å². The molecule has 3 fully saturated rings. The average molecular weight is 459 g/mol. The molecular weight excluding hydrogens is 408 g/mol. The van der Waals surface area contributed by atoms with Crippen molar-refractivity contribution in [3.05, 3.63) is 35.5 Å². The summed E-state index contributed by atoms with van der Waals surface area (Å²) in [5.41, 5.74) is 3.30. The van der Waals surface area contributed by atoms with E-state index in [-0.39, 0.29) is 0 Å². The summed E-state index contributed by atoms with van der Waals surface area (Å²) in [6, 6.07) is 0. The normalized spacial score (nSPS) is 36.4.